The molecule has 0 aliphatic heterocycles. The first-order valence-electron chi connectivity index (χ1n) is 8.54. The van der Waals surface area contributed by atoms with Gasteiger partial charge in [0, 0.05) is 11.9 Å². The molecule has 30 heavy (non-hydrogen) atoms. The van der Waals surface area contributed by atoms with E-state index in [1.54, 1.807) is 0 Å². The highest BCUT2D eigenvalue weighted by atomic mass is 19.4. The molecule has 0 fully saturated rings. The highest BCUT2D eigenvalue weighted by Crippen LogP contribution is 2.32. The number of rotatable bonds is 7. The number of nitrogens with zero attached hydrogens (tertiary/aromatic N) is 2. The number of aliphatic hydroxyl groups is 1. The maximum Gasteiger partial charge on any atom is 0.416 e. The second kappa shape index (κ2) is 9.75. The van der Waals surface area contributed by atoms with E-state index in [0.717, 1.165) is 18.5 Å². The van der Waals surface area contributed by atoms with Crippen LogP contribution < -0.4 is 16.0 Å². The second-order valence-electron chi connectivity index (χ2n) is 6.00. The third kappa shape index (κ3) is 6.21. The van der Waals surface area contributed by atoms with Crippen LogP contribution in [-0.4, -0.2) is 57.4 Å². The van der Waals surface area contributed by atoms with Gasteiger partial charge in [-0.3, -0.25) is 4.79 Å². The largest absolute Gasteiger partial charge is 0.465 e. The summed E-state index contributed by atoms with van der Waals surface area (Å²) >= 11 is 0. The number of fused-ring (bicyclic) bond motifs is 1. The molecule has 1 heterocycles. The lowest BCUT2D eigenvalue weighted by Crippen LogP contribution is -2.51. The van der Waals surface area contributed by atoms with E-state index in [1.165, 1.54) is 13.0 Å². The standard InChI is InChI=1S/C18H18F3N5O4/c1-2-3-14(27)13(7-23-17(29)30)26-15(28)8-22-16-11-6-10(18(19,20)21)4-5-12(11)24-9-25-16/h4-6,9,13-14,23,27H,7-8H2,1H3,(H,26,28)(H,29,30)(H,22,24,25)/t13?,14-/m0/s1. The summed E-state index contributed by atoms with van der Waals surface area (Å²) in [5, 5.41) is 25.8. The van der Waals surface area contributed by atoms with Gasteiger partial charge in [0.25, 0.3) is 0 Å². The molecule has 2 atom stereocenters. The summed E-state index contributed by atoms with van der Waals surface area (Å²) in [6.45, 7) is 0.754. The zero-order chi connectivity index (χ0) is 22.3. The van der Waals surface area contributed by atoms with E-state index < -0.39 is 42.4 Å². The monoisotopic (exact) mass is 425 g/mol. The van der Waals surface area contributed by atoms with E-state index in [0.29, 0.717) is 0 Å². The molecule has 1 aromatic heterocycles. The van der Waals surface area contributed by atoms with Crippen molar-refractivity contribution in [2.45, 2.75) is 25.2 Å². The van der Waals surface area contributed by atoms with Gasteiger partial charge in [0.1, 0.15) is 18.2 Å². The zero-order valence-electron chi connectivity index (χ0n) is 15.6. The van der Waals surface area contributed by atoms with Gasteiger partial charge in [-0.2, -0.15) is 13.2 Å². The maximum absolute atomic E-state index is 13.0. The van der Waals surface area contributed by atoms with Gasteiger partial charge < -0.3 is 26.2 Å². The van der Waals surface area contributed by atoms with Crippen LogP contribution in [-0.2, 0) is 11.0 Å². The Morgan fingerprint density at radius 1 is 1.27 bits per heavy atom. The van der Waals surface area contributed by atoms with E-state index in [-0.39, 0.29) is 23.3 Å². The average Bonchev–Trinajstić information content (AvgIpc) is 2.68. The van der Waals surface area contributed by atoms with Crippen LogP contribution in [0.2, 0.25) is 0 Å². The van der Waals surface area contributed by atoms with E-state index in [2.05, 4.69) is 32.4 Å². The fourth-order valence-corrected chi connectivity index (χ4v) is 2.48. The van der Waals surface area contributed by atoms with Gasteiger partial charge in [0.05, 0.1) is 23.7 Å². The van der Waals surface area contributed by atoms with Gasteiger partial charge in [-0.1, -0.05) is 5.92 Å². The average molecular weight is 425 g/mol. The van der Waals surface area contributed by atoms with Gasteiger partial charge in [0.2, 0.25) is 5.91 Å². The minimum atomic E-state index is -4.56. The first kappa shape index (κ1) is 22.7. The van der Waals surface area contributed by atoms with Crippen LogP contribution in [0.15, 0.2) is 24.5 Å². The number of hydrogen-bond donors (Lipinski definition) is 5. The Bertz CT molecular complexity index is 987. The number of alkyl halides is 3. The predicted octanol–water partition coefficient (Wildman–Crippen LogP) is 1.20. The van der Waals surface area contributed by atoms with E-state index in [9.17, 15) is 27.9 Å². The Morgan fingerprint density at radius 2 is 2.00 bits per heavy atom. The van der Waals surface area contributed by atoms with Crippen molar-refractivity contribution in [2.75, 3.05) is 18.4 Å². The third-order valence-electron chi connectivity index (χ3n) is 3.87. The summed E-state index contributed by atoms with van der Waals surface area (Å²) < 4.78 is 38.9. The molecule has 1 aromatic carbocycles. The van der Waals surface area contributed by atoms with Crippen molar-refractivity contribution < 1.29 is 33.0 Å². The maximum atomic E-state index is 13.0. The lowest BCUT2D eigenvalue weighted by molar-refractivity contribution is -0.137. The molecule has 1 unspecified atom stereocenters. The lowest BCUT2D eigenvalue weighted by atomic mass is 10.1. The number of anilines is 1. The van der Waals surface area contributed by atoms with Gasteiger partial charge in [-0.25, -0.2) is 14.8 Å². The smallest absolute Gasteiger partial charge is 0.416 e. The minimum absolute atomic E-state index is 0.00959. The van der Waals surface area contributed by atoms with E-state index in [4.69, 9.17) is 5.11 Å². The van der Waals surface area contributed by atoms with E-state index in [1.807, 2.05) is 5.32 Å². The molecule has 2 amide bonds. The van der Waals surface area contributed by atoms with Crippen LogP contribution in [0.5, 0.6) is 0 Å². The van der Waals surface area contributed by atoms with Crippen molar-refractivity contribution in [1.29, 1.82) is 0 Å². The van der Waals surface area contributed by atoms with Gasteiger partial charge >= 0.3 is 12.3 Å². The molecule has 12 heteroatoms. The first-order valence-corrected chi connectivity index (χ1v) is 8.54. The van der Waals surface area contributed by atoms with Gasteiger partial charge in [0.15, 0.2) is 0 Å². The molecule has 0 spiro atoms. The number of carbonyl (C=O) groups excluding carboxylic acids is 1. The van der Waals surface area contributed by atoms with Crippen molar-refractivity contribution in [1.82, 2.24) is 20.6 Å². The van der Waals surface area contributed by atoms with Crippen LogP contribution in [0.25, 0.3) is 10.9 Å². The quantitative estimate of drug-likeness (QED) is 0.421. The topological polar surface area (TPSA) is 136 Å². The number of benzene rings is 1. The number of aromatic nitrogens is 2. The number of aliphatic hydroxyl groups excluding tert-OH is 1. The lowest BCUT2D eigenvalue weighted by Gasteiger charge is -2.21. The number of carboxylic acid groups (broad SMARTS) is 1. The summed E-state index contributed by atoms with van der Waals surface area (Å²) in [7, 11) is 0. The molecule has 0 saturated heterocycles. The molecule has 0 saturated carbocycles. The molecule has 2 aromatic rings. The van der Waals surface area contributed by atoms with Crippen molar-refractivity contribution in [3.8, 4) is 11.8 Å². The number of amides is 2. The Kier molecular flexibility index (Phi) is 7.38. The molecule has 2 rings (SSSR count). The summed E-state index contributed by atoms with van der Waals surface area (Å²) in [5.41, 5.74) is -0.642. The number of halogens is 3. The zero-order valence-corrected chi connectivity index (χ0v) is 15.6. The molecular formula is C18H18F3N5O4. The van der Waals surface area contributed by atoms with Crippen LogP contribution >= 0.6 is 0 Å². The fraction of sp³-hybridized carbons (Fsp3) is 0.333. The van der Waals surface area contributed by atoms with Crippen molar-refractivity contribution in [3.05, 3.63) is 30.1 Å². The molecule has 9 nitrogen and oxygen atoms in total. The normalized spacial score (nSPS) is 13.0. The Hall–Kier alpha value is -3.59. The summed E-state index contributed by atoms with van der Waals surface area (Å²) in [6, 6.07) is 1.91. The summed E-state index contributed by atoms with van der Waals surface area (Å²) in [5.74, 6) is 4.20. The van der Waals surface area contributed by atoms with Gasteiger partial charge in [-0.05, 0) is 25.1 Å². The van der Waals surface area contributed by atoms with Crippen LogP contribution in [0.4, 0.5) is 23.8 Å². The van der Waals surface area contributed by atoms with Crippen LogP contribution in [0.3, 0.4) is 0 Å². The summed E-state index contributed by atoms with van der Waals surface area (Å²) in [4.78, 5) is 30.6. The number of carbonyl (C=O) groups is 2. The van der Waals surface area contributed by atoms with Gasteiger partial charge in [-0.15, -0.1) is 5.92 Å². The number of nitrogens with one attached hydrogen (secondary N) is 3. The summed E-state index contributed by atoms with van der Waals surface area (Å²) in [6.07, 6.45) is -6.10. The molecule has 0 aliphatic rings. The molecule has 160 valence electrons. The Morgan fingerprint density at radius 3 is 2.63 bits per heavy atom. The fourth-order valence-electron chi connectivity index (χ4n) is 2.48. The first-order chi connectivity index (χ1) is 14.1. The van der Waals surface area contributed by atoms with Crippen molar-refractivity contribution in [3.63, 3.8) is 0 Å². The third-order valence-corrected chi connectivity index (χ3v) is 3.87. The predicted molar refractivity (Wildman–Crippen MR) is 100 cm³/mol. The number of hydrogen-bond acceptors (Lipinski definition) is 6. The second-order valence-corrected chi connectivity index (χ2v) is 6.00. The van der Waals surface area contributed by atoms with Crippen LogP contribution in [0.1, 0.15) is 12.5 Å². The molecule has 0 aliphatic carbocycles. The Labute approximate surface area is 168 Å². The molecule has 5 N–H and O–H groups in total. The highest BCUT2D eigenvalue weighted by molar-refractivity contribution is 5.91. The molecular weight excluding hydrogens is 407 g/mol. The van der Waals surface area contributed by atoms with E-state index >= 15 is 0 Å². The van der Waals surface area contributed by atoms with Crippen LogP contribution in [0, 0.1) is 11.8 Å². The molecule has 0 bridgehead atoms. The minimum Gasteiger partial charge on any atom is -0.465 e. The van der Waals surface area contributed by atoms with Crippen molar-refractivity contribution in [2.24, 2.45) is 0 Å². The molecule has 0 radical (unpaired) electrons. The van der Waals surface area contributed by atoms with Crippen molar-refractivity contribution >= 4 is 28.7 Å². The Balaban J connectivity index is 2.12. The SMILES string of the molecule is CC#C[C@H](O)C(CNC(=O)O)NC(=O)CNc1ncnc2ccc(C(F)(F)F)cc12. The highest BCUT2D eigenvalue weighted by Gasteiger charge is 2.31.